The summed E-state index contributed by atoms with van der Waals surface area (Å²) in [6.07, 6.45) is 0. The molecule has 0 aliphatic heterocycles. The molecule has 2 N–H and O–H groups in total. The summed E-state index contributed by atoms with van der Waals surface area (Å²) < 4.78 is 20.7. The van der Waals surface area contributed by atoms with Crippen LogP contribution in [-0.2, 0) is 0 Å². The van der Waals surface area contributed by atoms with Crippen LogP contribution < -0.4 is 10.5 Å². The number of anilines is 1. The molecule has 0 atom stereocenters. The predicted molar refractivity (Wildman–Crippen MR) is 84.7 cm³/mol. The monoisotopic (exact) mass is 369 g/mol. The molecule has 0 radical (unpaired) electrons. The fraction of sp³-hybridized carbons (Fsp3) is 0.0714. The second kappa shape index (κ2) is 5.20. The molecule has 108 valence electrons. The molecule has 2 aromatic carbocycles. The van der Waals surface area contributed by atoms with Crippen molar-refractivity contribution >= 4 is 44.5 Å². The summed E-state index contributed by atoms with van der Waals surface area (Å²) >= 11 is 9.30. The van der Waals surface area contributed by atoms with Crippen molar-refractivity contribution in [1.29, 1.82) is 0 Å². The molecule has 0 fully saturated rings. The van der Waals surface area contributed by atoms with Crippen LogP contribution in [0, 0.1) is 5.82 Å². The van der Waals surface area contributed by atoms with Crippen molar-refractivity contribution in [3.05, 3.63) is 45.6 Å². The molecule has 0 saturated heterocycles. The molecule has 3 rings (SSSR count). The van der Waals surface area contributed by atoms with E-state index in [2.05, 4.69) is 20.9 Å². The van der Waals surface area contributed by atoms with E-state index in [-0.39, 0.29) is 11.8 Å². The molecule has 0 amide bonds. The highest BCUT2D eigenvalue weighted by molar-refractivity contribution is 9.10. The van der Waals surface area contributed by atoms with Crippen molar-refractivity contribution in [1.82, 2.24) is 9.55 Å². The van der Waals surface area contributed by atoms with Crippen LogP contribution >= 0.6 is 27.5 Å². The number of hydrogen-bond donors (Lipinski definition) is 1. The number of fused-ring (bicyclic) bond motifs is 1. The van der Waals surface area contributed by atoms with E-state index in [4.69, 9.17) is 22.1 Å². The number of imidazole rings is 1. The Bertz CT molecular complexity index is 850. The van der Waals surface area contributed by atoms with Crippen molar-refractivity contribution < 1.29 is 9.13 Å². The van der Waals surface area contributed by atoms with E-state index < -0.39 is 0 Å². The minimum Gasteiger partial charge on any atom is -0.495 e. The molecule has 0 aliphatic carbocycles. The highest BCUT2D eigenvalue weighted by Gasteiger charge is 2.14. The van der Waals surface area contributed by atoms with E-state index in [0.717, 1.165) is 5.69 Å². The highest BCUT2D eigenvalue weighted by Crippen LogP contribution is 2.31. The molecule has 3 aromatic rings. The first-order chi connectivity index (χ1) is 10.0. The van der Waals surface area contributed by atoms with Crippen molar-refractivity contribution in [2.75, 3.05) is 12.8 Å². The Morgan fingerprint density at radius 3 is 2.76 bits per heavy atom. The van der Waals surface area contributed by atoms with Crippen LogP contribution in [0.2, 0.25) is 5.02 Å². The maximum Gasteiger partial charge on any atom is 0.205 e. The highest BCUT2D eigenvalue weighted by atomic mass is 79.9. The number of benzene rings is 2. The van der Waals surface area contributed by atoms with E-state index in [1.54, 1.807) is 35.9 Å². The zero-order valence-corrected chi connectivity index (χ0v) is 13.2. The van der Waals surface area contributed by atoms with Gasteiger partial charge in [-0.1, -0.05) is 11.6 Å². The third-order valence-electron chi connectivity index (χ3n) is 3.12. The van der Waals surface area contributed by atoms with Gasteiger partial charge in [0.1, 0.15) is 11.6 Å². The van der Waals surface area contributed by atoms with Gasteiger partial charge >= 0.3 is 0 Å². The molecule has 0 spiro atoms. The number of nitrogen functional groups attached to an aromatic ring is 1. The summed E-state index contributed by atoms with van der Waals surface area (Å²) in [6, 6.07) is 8.22. The van der Waals surface area contributed by atoms with E-state index in [0.29, 0.717) is 26.3 Å². The Balaban J connectivity index is 2.27. The maximum absolute atomic E-state index is 13.6. The van der Waals surface area contributed by atoms with E-state index in [1.165, 1.54) is 6.07 Å². The van der Waals surface area contributed by atoms with Gasteiger partial charge in [0.25, 0.3) is 0 Å². The first-order valence-corrected chi connectivity index (χ1v) is 7.15. The van der Waals surface area contributed by atoms with Gasteiger partial charge < -0.3 is 10.5 Å². The normalized spacial score (nSPS) is 11.0. The lowest BCUT2D eigenvalue weighted by Gasteiger charge is -2.09. The van der Waals surface area contributed by atoms with E-state index in [1.807, 2.05) is 0 Å². The molecular formula is C14H10BrClFN3O. The molecule has 0 aliphatic rings. The van der Waals surface area contributed by atoms with Gasteiger partial charge in [-0.2, -0.15) is 0 Å². The molecule has 0 unspecified atom stereocenters. The summed E-state index contributed by atoms with van der Waals surface area (Å²) in [5.41, 5.74) is 7.82. The first-order valence-electron chi connectivity index (χ1n) is 5.98. The van der Waals surface area contributed by atoms with Crippen molar-refractivity contribution in [2.24, 2.45) is 0 Å². The summed E-state index contributed by atoms with van der Waals surface area (Å²) in [6.45, 7) is 0. The van der Waals surface area contributed by atoms with Crippen molar-refractivity contribution in [2.45, 2.75) is 0 Å². The number of halogens is 3. The van der Waals surface area contributed by atoms with Gasteiger partial charge in [0.2, 0.25) is 5.95 Å². The van der Waals surface area contributed by atoms with Crippen LogP contribution in [0.1, 0.15) is 0 Å². The molecule has 0 bridgehead atoms. The number of ether oxygens (including phenoxy) is 1. The topological polar surface area (TPSA) is 53.1 Å². The first kappa shape index (κ1) is 14.2. The van der Waals surface area contributed by atoms with Crippen LogP contribution in [0.15, 0.2) is 34.8 Å². The molecule has 1 aromatic heterocycles. The average Bonchev–Trinajstić information content (AvgIpc) is 2.74. The summed E-state index contributed by atoms with van der Waals surface area (Å²) in [5, 5.41) is 0.456. The lowest BCUT2D eigenvalue weighted by Crippen LogP contribution is -2.01. The summed E-state index contributed by atoms with van der Waals surface area (Å²) in [5.74, 6) is 0.430. The van der Waals surface area contributed by atoms with Gasteiger partial charge in [0.05, 0.1) is 33.3 Å². The van der Waals surface area contributed by atoms with Gasteiger partial charge in [-0.15, -0.1) is 0 Å². The Hall–Kier alpha value is -1.79. The van der Waals surface area contributed by atoms with Gasteiger partial charge in [-0.25, -0.2) is 9.37 Å². The van der Waals surface area contributed by atoms with Crippen LogP contribution in [0.3, 0.4) is 0 Å². The molecular weight excluding hydrogens is 361 g/mol. The fourth-order valence-corrected chi connectivity index (χ4v) is 2.74. The quantitative estimate of drug-likeness (QED) is 0.736. The number of nitrogens with two attached hydrogens (primary N) is 1. The smallest absolute Gasteiger partial charge is 0.205 e. The third-order valence-corrected chi connectivity index (χ3v) is 4.02. The lowest BCUT2D eigenvalue weighted by molar-refractivity contribution is 0.415. The molecule has 0 saturated carbocycles. The Morgan fingerprint density at radius 1 is 1.33 bits per heavy atom. The van der Waals surface area contributed by atoms with Crippen LogP contribution in [-0.4, -0.2) is 16.7 Å². The number of methoxy groups -OCH3 is 1. The van der Waals surface area contributed by atoms with Crippen LogP contribution in [0.5, 0.6) is 5.75 Å². The van der Waals surface area contributed by atoms with Crippen LogP contribution in [0.25, 0.3) is 16.7 Å². The standard InChI is InChI=1S/C14H10BrClFN3O/c1-21-13-3-2-7(4-9(13)16)20-12-5-8(15)10(17)6-11(12)19-14(20)18/h2-6H,1H3,(H2,18,19). The number of hydrogen-bond acceptors (Lipinski definition) is 3. The summed E-state index contributed by atoms with van der Waals surface area (Å²) in [7, 11) is 1.54. The Labute approximate surface area is 133 Å². The van der Waals surface area contributed by atoms with Gasteiger partial charge in [-0.3, -0.25) is 4.57 Å². The Morgan fingerprint density at radius 2 is 2.10 bits per heavy atom. The average molecular weight is 371 g/mol. The molecule has 7 heteroatoms. The number of nitrogens with zero attached hydrogens (tertiary/aromatic N) is 2. The molecule has 21 heavy (non-hydrogen) atoms. The van der Waals surface area contributed by atoms with E-state index in [9.17, 15) is 4.39 Å². The number of aromatic nitrogens is 2. The predicted octanol–water partition coefficient (Wildman–Crippen LogP) is 4.17. The van der Waals surface area contributed by atoms with Crippen LogP contribution in [0.4, 0.5) is 10.3 Å². The van der Waals surface area contributed by atoms with Crippen molar-refractivity contribution in [3.63, 3.8) is 0 Å². The second-order valence-electron chi connectivity index (χ2n) is 4.38. The third kappa shape index (κ3) is 2.34. The molecule has 4 nitrogen and oxygen atoms in total. The largest absolute Gasteiger partial charge is 0.495 e. The lowest BCUT2D eigenvalue weighted by atomic mass is 10.2. The summed E-state index contributed by atoms with van der Waals surface area (Å²) in [4.78, 5) is 4.17. The minimum absolute atomic E-state index is 0.253. The maximum atomic E-state index is 13.6. The minimum atomic E-state index is -0.389. The van der Waals surface area contributed by atoms with Gasteiger partial charge in [0, 0.05) is 6.07 Å². The van der Waals surface area contributed by atoms with E-state index >= 15 is 0 Å². The van der Waals surface area contributed by atoms with Crippen molar-refractivity contribution in [3.8, 4) is 11.4 Å². The number of rotatable bonds is 2. The fourth-order valence-electron chi connectivity index (χ4n) is 2.16. The SMILES string of the molecule is COc1ccc(-n2c(N)nc3cc(F)c(Br)cc32)cc1Cl. The Kier molecular flexibility index (Phi) is 3.51. The second-order valence-corrected chi connectivity index (χ2v) is 5.64. The zero-order valence-electron chi connectivity index (χ0n) is 10.9. The van der Waals surface area contributed by atoms with Gasteiger partial charge in [0.15, 0.2) is 0 Å². The zero-order chi connectivity index (χ0) is 15.1. The van der Waals surface area contributed by atoms with Gasteiger partial charge in [-0.05, 0) is 40.2 Å². The molecule has 1 heterocycles.